The minimum Gasteiger partial charge on any atom is -0.507 e. The van der Waals surface area contributed by atoms with Gasteiger partial charge in [-0.3, -0.25) is 0 Å². The number of nitrogens with zero attached hydrogens (tertiary/aromatic N) is 1. The molecule has 2 N–H and O–H groups in total. The van der Waals surface area contributed by atoms with Gasteiger partial charge in [0.15, 0.2) is 0 Å². The van der Waals surface area contributed by atoms with Gasteiger partial charge < -0.3 is 15.3 Å². The SMILES string of the molecule is CN1CCCc2c1ccc(CC1CCCCN1)c2O. The molecule has 0 amide bonds. The molecule has 1 unspecified atom stereocenters. The van der Waals surface area contributed by atoms with Crippen molar-refractivity contribution in [1.82, 2.24) is 5.32 Å². The first-order valence-electron chi connectivity index (χ1n) is 7.54. The van der Waals surface area contributed by atoms with Crippen LogP contribution in [-0.2, 0) is 12.8 Å². The van der Waals surface area contributed by atoms with Gasteiger partial charge in [-0.05, 0) is 50.3 Å². The molecule has 104 valence electrons. The van der Waals surface area contributed by atoms with Crippen LogP contribution in [0.5, 0.6) is 5.75 Å². The van der Waals surface area contributed by atoms with Crippen LogP contribution in [0.15, 0.2) is 12.1 Å². The highest BCUT2D eigenvalue weighted by Gasteiger charge is 2.21. The van der Waals surface area contributed by atoms with Crippen LogP contribution in [0, 0.1) is 0 Å². The lowest BCUT2D eigenvalue weighted by Crippen LogP contribution is -2.35. The molecule has 2 heterocycles. The van der Waals surface area contributed by atoms with Gasteiger partial charge in [0.05, 0.1) is 0 Å². The van der Waals surface area contributed by atoms with Crippen molar-refractivity contribution in [2.45, 2.75) is 44.6 Å². The van der Waals surface area contributed by atoms with E-state index in [1.807, 2.05) is 0 Å². The van der Waals surface area contributed by atoms with E-state index in [0.29, 0.717) is 11.8 Å². The minimum absolute atomic E-state index is 0.541. The highest BCUT2D eigenvalue weighted by Crippen LogP contribution is 2.36. The van der Waals surface area contributed by atoms with Crippen molar-refractivity contribution in [2.75, 3.05) is 25.0 Å². The van der Waals surface area contributed by atoms with Crippen LogP contribution in [0.2, 0.25) is 0 Å². The number of anilines is 1. The number of phenols is 1. The fourth-order valence-electron chi connectivity index (χ4n) is 3.42. The van der Waals surface area contributed by atoms with Gasteiger partial charge in [0, 0.05) is 30.9 Å². The normalized spacial score (nSPS) is 23.2. The molecule has 0 aromatic heterocycles. The number of fused-ring (bicyclic) bond motifs is 1. The molecular weight excluding hydrogens is 236 g/mol. The maximum atomic E-state index is 10.5. The highest BCUT2D eigenvalue weighted by atomic mass is 16.3. The minimum atomic E-state index is 0.541. The zero-order chi connectivity index (χ0) is 13.2. The van der Waals surface area contributed by atoms with E-state index in [1.54, 1.807) is 0 Å². The Morgan fingerprint density at radius 2 is 2.21 bits per heavy atom. The van der Waals surface area contributed by atoms with Crippen LogP contribution < -0.4 is 10.2 Å². The quantitative estimate of drug-likeness (QED) is 0.857. The van der Waals surface area contributed by atoms with Gasteiger partial charge in [-0.1, -0.05) is 12.5 Å². The molecule has 0 saturated carbocycles. The molecule has 2 aliphatic rings. The molecule has 3 rings (SSSR count). The maximum absolute atomic E-state index is 10.5. The Hall–Kier alpha value is -1.22. The number of phenolic OH excluding ortho intramolecular Hbond substituents is 1. The lowest BCUT2D eigenvalue weighted by molar-refractivity contribution is 0.390. The largest absolute Gasteiger partial charge is 0.507 e. The summed E-state index contributed by atoms with van der Waals surface area (Å²) in [6, 6.07) is 4.84. The van der Waals surface area contributed by atoms with Crippen molar-refractivity contribution in [2.24, 2.45) is 0 Å². The second kappa shape index (κ2) is 5.41. The second-order valence-corrected chi connectivity index (χ2v) is 5.95. The molecule has 1 aromatic rings. The Bertz CT molecular complexity index is 452. The van der Waals surface area contributed by atoms with Gasteiger partial charge >= 0.3 is 0 Å². The van der Waals surface area contributed by atoms with E-state index >= 15 is 0 Å². The Balaban J connectivity index is 1.82. The number of benzene rings is 1. The Morgan fingerprint density at radius 1 is 1.32 bits per heavy atom. The van der Waals surface area contributed by atoms with Crippen LogP contribution in [0.3, 0.4) is 0 Å². The molecule has 1 atom stereocenters. The monoisotopic (exact) mass is 260 g/mol. The van der Waals surface area contributed by atoms with Gasteiger partial charge in [0.1, 0.15) is 5.75 Å². The van der Waals surface area contributed by atoms with Crippen molar-refractivity contribution < 1.29 is 5.11 Å². The molecule has 19 heavy (non-hydrogen) atoms. The Morgan fingerprint density at radius 3 is 3.00 bits per heavy atom. The molecule has 1 aromatic carbocycles. The summed E-state index contributed by atoms with van der Waals surface area (Å²) in [6.45, 7) is 2.22. The molecule has 3 nitrogen and oxygen atoms in total. The standard InChI is InChI=1S/C16H24N2O/c1-18-10-4-6-14-15(18)8-7-12(16(14)19)11-13-5-2-3-9-17-13/h7-8,13,17,19H,2-6,9-11H2,1H3. The smallest absolute Gasteiger partial charge is 0.124 e. The number of nitrogens with one attached hydrogen (secondary N) is 1. The summed E-state index contributed by atoms with van der Waals surface area (Å²) >= 11 is 0. The van der Waals surface area contributed by atoms with E-state index in [2.05, 4.69) is 29.4 Å². The summed E-state index contributed by atoms with van der Waals surface area (Å²) in [5.41, 5.74) is 3.49. The number of piperidine rings is 1. The summed E-state index contributed by atoms with van der Waals surface area (Å²) in [6.07, 6.45) is 6.95. The van der Waals surface area contributed by atoms with E-state index < -0.39 is 0 Å². The molecule has 0 aliphatic carbocycles. The molecule has 0 radical (unpaired) electrons. The number of aromatic hydroxyl groups is 1. The highest BCUT2D eigenvalue weighted by molar-refractivity contribution is 5.62. The molecule has 2 aliphatic heterocycles. The van der Waals surface area contributed by atoms with Crippen molar-refractivity contribution in [3.8, 4) is 5.75 Å². The molecular formula is C16H24N2O. The van der Waals surface area contributed by atoms with Crippen molar-refractivity contribution in [1.29, 1.82) is 0 Å². The van der Waals surface area contributed by atoms with E-state index in [0.717, 1.165) is 43.5 Å². The summed E-state index contributed by atoms with van der Waals surface area (Å²) in [5, 5.41) is 14.1. The lowest BCUT2D eigenvalue weighted by atomic mass is 9.93. The van der Waals surface area contributed by atoms with Gasteiger partial charge in [-0.15, -0.1) is 0 Å². The van der Waals surface area contributed by atoms with Crippen LogP contribution >= 0.6 is 0 Å². The molecule has 3 heteroatoms. The third-order valence-corrected chi connectivity index (χ3v) is 4.55. The Labute approximate surface area is 115 Å². The topological polar surface area (TPSA) is 35.5 Å². The van der Waals surface area contributed by atoms with E-state index in [1.165, 1.54) is 24.9 Å². The number of hydrogen-bond acceptors (Lipinski definition) is 3. The zero-order valence-electron chi connectivity index (χ0n) is 11.8. The predicted molar refractivity (Wildman–Crippen MR) is 79.0 cm³/mol. The maximum Gasteiger partial charge on any atom is 0.124 e. The van der Waals surface area contributed by atoms with Gasteiger partial charge in [-0.25, -0.2) is 0 Å². The van der Waals surface area contributed by atoms with Crippen molar-refractivity contribution in [3.05, 3.63) is 23.3 Å². The number of rotatable bonds is 2. The molecule has 1 saturated heterocycles. The van der Waals surface area contributed by atoms with E-state index in [9.17, 15) is 5.11 Å². The van der Waals surface area contributed by atoms with Gasteiger partial charge in [-0.2, -0.15) is 0 Å². The average Bonchev–Trinajstić information content (AvgIpc) is 2.44. The second-order valence-electron chi connectivity index (χ2n) is 5.95. The molecule has 0 bridgehead atoms. The third-order valence-electron chi connectivity index (χ3n) is 4.55. The summed E-state index contributed by atoms with van der Waals surface area (Å²) in [4.78, 5) is 2.25. The zero-order valence-corrected chi connectivity index (χ0v) is 11.8. The van der Waals surface area contributed by atoms with E-state index in [-0.39, 0.29) is 0 Å². The summed E-state index contributed by atoms with van der Waals surface area (Å²) in [7, 11) is 2.11. The van der Waals surface area contributed by atoms with Crippen molar-refractivity contribution >= 4 is 5.69 Å². The summed E-state index contributed by atoms with van der Waals surface area (Å²) in [5.74, 6) is 0.552. The Kier molecular flexibility index (Phi) is 3.65. The predicted octanol–water partition coefficient (Wildman–Crippen LogP) is 2.46. The van der Waals surface area contributed by atoms with E-state index in [4.69, 9.17) is 0 Å². The number of hydrogen-bond donors (Lipinski definition) is 2. The van der Waals surface area contributed by atoms with Crippen LogP contribution in [-0.4, -0.2) is 31.3 Å². The molecule has 0 spiro atoms. The fourth-order valence-corrected chi connectivity index (χ4v) is 3.42. The average molecular weight is 260 g/mol. The van der Waals surface area contributed by atoms with Crippen molar-refractivity contribution in [3.63, 3.8) is 0 Å². The lowest BCUT2D eigenvalue weighted by Gasteiger charge is -2.30. The van der Waals surface area contributed by atoms with Gasteiger partial charge in [0.25, 0.3) is 0 Å². The molecule has 1 fully saturated rings. The van der Waals surface area contributed by atoms with Crippen LogP contribution in [0.1, 0.15) is 36.8 Å². The fraction of sp³-hybridized carbons (Fsp3) is 0.625. The van der Waals surface area contributed by atoms with Gasteiger partial charge in [0.2, 0.25) is 0 Å². The van der Waals surface area contributed by atoms with Crippen LogP contribution in [0.4, 0.5) is 5.69 Å². The first kappa shape index (κ1) is 12.8. The third kappa shape index (κ3) is 2.57. The van der Waals surface area contributed by atoms with Crippen LogP contribution in [0.25, 0.3) is 0 Å². The summed E-state index contributed by atoms with van der Waals surface area (Å²) < 4.78 is 0. The first-order chi connectivity index (χ1) is 9.25. The first-order valence-corrected chi connectivity index (χ1v) is 7.54.